The van der Waals surface area contributed by atoms with Crippen molar-refractivity contribution in [3.8, 4) is 0 Å². The molecule has 0 saturated carbocycles. The molecule has 0 saturated heterocycles. The standard InChI is InChI=1S/C16H27NO3/c1-15(16-6-4-3-5-7-16)14-17-8-9-19-12-13-20-11-10-18-2/h3-7,15,17H,8-14H2,1-2H3. The molecule has 0 aromatic heterocycles. The van der Waals surface area contributed by atoms with Crippen LogP contribution in [-0.4, -0.2) is 53.2 Å². The van der Waals surface area contributed by atoms with Crippen LogP contribution in [-0.2, 0) is 14.2 Å². The quantitative estimate of drug-likeness (QED) is 0.595. The van der Waals surface area contributed by atoms with E-state index in [-0.39, 0.29) is 0 Å². The van der Waals surface area contributed by atoms with Gasteiger partial charge in [0.1, 0.15) is 0 Å². The molecule has 0 aliphatic carbocycles. The Kier molecular flexibility index (Phi) is 10.1. The first-order valence-electron chi connectivity index (χ1n) is 7.24. The van der Waals surface area contributed by atoms with Crippen molar-refractivity contribution >= 4 is 0 Å². The number of methoxy groups -OCH3 is 1. The Morgan fingerprint density at radius 2 is 1.60 bits per heavy atom. The van der Waals surface area contributed by atoms with Gasteiger partial charge in [0.2, 0.25) is 0 Å². The molecule has 4 nitrogen and oxygen atoms in total. The van der Waals surface area contributed by atoms with Crippen molar-refractivity contribution in [1.82, 2.24) is 5.32 Å². The van der Waals surface area contributed by atoms with Gasteiger partial charge in [-0.2, -0.15) is 0 Å². The average molecular weight is 281 g/mol. The Labute approximate surface area is 122 Å². The van der Waals surface area contributed by atoms with Crippen LogP contribution in [0.4, 0.5) is 0 Å². The molecule has 0 heterocycles. The van der Waals surface area contributed by atoms with Gasteiger partial charge in [-0.15, -0.1) is 0 Å². The minimum Gasteiger partial charge on any atom is -0.382 e. The van der Waals surface area contributed by atoms with Crippen molar-refractivity contribution in [3.63, 3.8) is 0 Å². The van der Waals surface area contributed by atoms with Crippen molar-refractivity contribution in [2.24, 2.45) is 0 Å². The zero-order chi connectivity index (χ0) is 14.5. The van der Waals surface area contributed by atoms with Crippen LogP contribution in [0.1, 0.15) is 18.4 Å². The molecule has 1 rings (SSSR count). The van der Waals surface area contributed by atoms with Gasteiger partial charge in [-0.05, 0) is 11.5 Å². The first-order valence-corrected chi connectivity index (χ1v) is 7.24. The number of nitrogens with one attached hydrogen (secondary N) is 1. The third-order valence-electron chi connectivity index (χ3n) is 3.05. The number of benzene rings is 1. The van der Waals surface area contributed by atoms with Crippen LogP contribution < -0.4 is 5.32 Å². The maximum absolute atomic E-state index is 5.47. The third kappa shape index (κ3) is 8.27. The normalized spacial score (nSPS) is 12.5. The first kappa shape index (κ1) is 17.1. The lowest BCUT2D eigenvalue weighted by Gasteiger charge is -2.13. The number of hydrogen-bond donors (Lipinski definition) is 1. The molecule has 20 heavy (non-hydrogen) atoms. The zero-order valence-electron chi connectivity index (χ0n) is 12.6. The summed E-state index contributed by atoms with van der Waals surface area (Å²) in [5, 5.41) is 3.41. The van der Waals surface area contributed by atoms with Crippen LogP contribution >= 0.6 is 0 Å². The second-order valence-electron chi connectivity index (χ2n) is 4.73. The summed E-state index contributed by atoms with van der Waals surface area (Å²) in [6.07, 6.45) is 0. The summed E-state index contributed by atoms with van der Waals surface area (Å²) in [5.74, 6) is 0.522. The van der Waals surface area contributed by atoms with E-state index in [2.05, 4.69) is 36.5 Å². The molecule has 114 valence electrons. The van der Waals surface area contributed by atoms with Gasteiger partial charge in [0.05, 0.1) is 33.0 Å². The highest BCUT2D eigenvalue weighted by atomic mass is 16.5. The Hall–Kier alpha value is -0.940. The molecule has 0 aliphatic heterocycles. The SMILES string of the molecule is COCCOCCOCCNCC(C)c1ccccc1. The predicted molar refractivity (Wildman–Crippen MR) is 81.2 cm³/mol. The molecule has 0 bridgehead atoms. The van der Waals surface area contributed by atoms with Gasteiger partial charge in [0.15, 0.2) is 0 Å². The van der Waals surface area contributed by atoms with E-state index in [1.54, 1.807) is 7.11 Å². The van der Waals surface area contributed by atoms with E-state index in [0.717, 1.165) is 19.7 Å². The molecular formula is C16H27NO3. The highest BCUT2D eigenvalue weighted by molar-refractivity contribution is 5.18. The van der Waals surface area contributed by atoms with Crippen LogP contribution in [0.2, 0.25) is 0 Å². The Bertz CT molecular complexity index is 319. The van der Waals surface area contributed by atoms with Crippen molar-refractivity contribution in [2.75, 3.05) is 53.2 Å². The summed E-state index contributed by atoms with van der Waals surface area (Å²) in [6, 6.07) is 10.5. The highest BCUT2D eigenvalue weighted by Gasteiger charge is 2.03. The fourth-order valence-electron chi connectivity index (χ4n) is 1.83. The van der Waals surface area contributed by atoms with Gasteiger partial charge in [-0.25, -0.2) is 0 Å². The van der Waals surface area contributed by atoms with Crippen LogP contribution in [0, 0.1) is 0 Å². The largest absolute Gasteiger partial charge is 0.382 e. The van der Waals surface area contributed by atoms with Crippen molar-refractivity contribution in [3.05, 3.63) is 35.9 Å². The number of ether oxygens (including phenoxy) is 3. The lowest BCUT2D eigenvalue weighted by Crippen LogP contribution is -2.24. The van der Waals surface area contributed by atoms with Crippen LogP contribution in [0.3, 0.4) is 0 Å². The van der Waals surface area contributed by atoms with E-state index in [9.17, 15) is 0 Å². The Morgan fingerprint density at radius 3 is 2.30 bits per heavy atom. The van der Waals surface area contributed by atoms with E-state index >= 15 is 0 Å². The molecule has 4 heteroatoms. The number of rotatable bonds is 12. The molecule has 0 aliphatic rings. The molecule has 0 fully saturated rings. The summed E-state index contributed by atoms with van der Waals surface area (Å²) in [7, 11) is 1.67. The summed E-state index contributed by atoms with van der Waals surface area (Å²) >= 11 is 0. The molecule has 0 amide bonds. The molecule has 1 atom stereocenters. The minimum absolute atomic E-state index is 0.522. The molecule has 0 radical (unpaired) electrons. The fourth-order valence-corrected chi connectivity index (χ4v) is 1.83. The van der Waals surface area contributed by atoms with E-state index < -0.39 is 0 Å². The average Bonchev–Trinajstić information content (AvgIpc) is 2.50. The molecule has 1 aromatic carbocycles. The molecule has 1 unspecified atom stereocenters. The van der Waals surface area contributed by atoms with E-state index in [1.807, 2.05) is 6.07 Å². The van der Waals surface area contributed by atoms with E-state index in [4.69, 9.17) is 14.2 Å². The second-order valence-corrected chi connectivity index (χ2v) is 4.73. The van der Waals surface area contributed by atoms with Crippen molar-refractivity contribution in [1.29, 1.82) is 0 Å². The third-order valence-corrected chi connectivity index (χ3v) is 3.05. The van der Waals surface area contributed by atoms with Gasteiger partial charge < -0.3 is 19.5 Å². The molecule has 1 aromatic rings. The zero-order valence-corrected chi connectivity index (χ0v) is 12.6. The maximum Gasteiger partial charge on any atom is 0.0701 e. The van der Waals surface area contributed by atoms with E-state index in [1.165, 1.54) is 5.56 Å². The highest BCUT2D eigenvalue weighted by Crippen LogP contribution is 2.12. The maximum atomic E-state index is 5.47. The fraction of sp³-hybridized carbons (Fsp3) is 0.625. The topological polar surface area (TPSA) is 39.7 Å². The van der Waals surface area contributed by atoms with Crippen LogP contribution in [0.5, 0.6) is 0 Å². The van der Waals surface area contributed by atoms with Gasteiger partial charge in [0.25, 0.3) is 0 Å². The molecule has 0 spiro atoms. The van der Waals surface area contributed by atoms with Gasteiger partial charge in [-0.1, -0.05) is 37.3 Å². The van der Waals surface area contributed by atoms with Gasteiger partial charge in [-0.3, -0.25) is 0 Å². The van der Waals surface area contributed by atoms with E-state index in [0.29, 0.717) is 32.3 Å². The summed E-state index contributed by atoms with van der Waals surface area (Å²) in [6.45, 7) is 7.32. The van der Waals surface area contributed by atoms with Crippen molar-refractivity contribution < 1.29 is 14.2 Å². The predicted octanol–water partition coefficient (Wildman–Crippen LogP) is 2.06. The Balaban J connectivity index is 1.90. The molecule has 1 N–H and O–H groups in total. The summed E-state index contributed by atoms with van der Waals surface area (Å²) < 4.78 is 15.7. The van der Waals surface area contributed by atoms with Crippen molar-refractivity contribution in [2.45, 2.75) is 12.8 Å². The smallest absolute Gasteiger partial charge is 0.0701 e. The Morgan fingerprint density at radius 1 is 0.950 bits per heavy atom. The minimum atomic E-state index is 0.522. The van der Waals surface area contributed by atoms with Crippen LogP contribution in [0.15, 0.2) is 30.3 Å². The van der Waals surface area contributed by atoms with Gasteiger partial charge >= 0.3 is 0 Å². The molecular weight excluding hydrogens is 254 g/mol. The monoisotopic (exact) mass is 281 g/mol. The van der Waals surface area contributed by atoms with Gasteiger partial charge in [0, 0.05) is 20.2 Å². The lowest BCUT2D eigenvalue weighted by molar-refractivity contribution is 0.0256. The second kappa shape index (κ2) is 11.9. The summed E-state index contributed by atoms with van der Waals surface area (Å²) in [5.41, 5.74) is 1.37. The first-order chi connectivity index (χ1) is 9.84. The van der Waals surface area contributed by atoms with Crippen LogP contribution in [0.25, 0.3) is 0 Å². The summed E-state index contributed by atoms with van der Waals surface area (Å²) in [4.78, 5) is 0. The number of hydrogen-bond acceptors (Lipinski definition) is 4. The lowest BCUT2D eigenvalue weighted by atomic mass is 10.0.